The van der Waals surface area contributed by atoms with Crippen molar-refractivity contribution >= 4 is 22.5 Å². The summed E-state index contributed by atoms with van der Waals surface area (Å²) < 4.78 is 5.63. The molecule has 1 fully saturated rings. The lowest BCUT2D eigenvalue weighted by atomic mass is 10.1. The standard InChI is InChI=1S/C16H18ClNO/c17-13(11-15-5-3-9-19-15)10-14-8-7-12-4-1-2-6-16(12)18-14/h1-2,4,6-8,13,15H,3,5,9-11H2. The van der Waals surface area contributed by atoms with E-state index in [2.05, 4.69) is 23.2 Å². The normalized spacial score (nSPS) is 20.8. The van der Waals surface area contributed by atoms with E-state index in [0.29, 0.717) is 6.10 Å². The summed E-state index contributed by atoms with van der Waals surface area (Å²) in [6, 6.07) is 12.4. The molecule has 0 spiro atoms. The van der Waals surface area contributed by atoms with Crippen LogP contribution in [-0.2, 0) is 11.2 Å². The second-order valence-corrected chi connectivity index (χ2v) is 5.78. The maximum Gasteiger partial charge on any atom is 0.0705 e. The van der Waals surface area contributed by atoms with Gasteiger partial charge in [0, 0.05) is 29.5 Å². The highest BCUT2D eigenvalue weighted by Gasteiger charge is 2.20. The Balaban J connectivity index is 1.66. The quantitative estimate of drug-likeness (QED) is 0.788. The van der Waals surface area contributed by atoms with Crippen LogP contribution in [0.1, 0.15) is 25.0 Å². The second kappa shape index (κ2) is 5.89. The Morgan fingerprint density at radius 3 is 3.00 bits per heavy atom. The Morgan fingerprint density at radius 1 is 1.26 bits per heavy atom. The van der Waals surface area contributed by atoms with Crippen molar-refractivity contribution in [3.8, 4) is 0 Å². The largest absolute Gasteiger partial charge is 0.378 e. The molecule has 1 aromatic carbocycles. The van der Waals surface area contributed by atoms with E-state index in [1.807, 2.05) is 18.2 Å². The van der Waals surface area contributed by atoms with Gasteiger partial charge in [-0.05, 0) is 31.4 Å². The Labute approximate surface area is 118 Å². The number of aromatic nitrogens is 1. The zero-order valence-corrected chi connectivity index (χ0v) is 11.6. The molecule has 3 rings (SSSR count). The van der Waals surface area contributed by atoms with Crippen LogP contribution in [0.25, 0.3) is 10.9 Å². The molecule has 3 heteroatoms. The fraction of sp³-hybridized carbons (Fsp3) is 0.438. The van der Waals surface area contributed by atoms with Gasteiger partial charge in [0.2, 0.25) is 0 Å². The summed E-state index contributed by atoms with van der Waals surface area (Å²) in [6.45, 7) is 0.891. The van der Waals surface area contributed by atoms with Gasteiger partial charge in [-0.2, -0.15) is 0 Å². The van der Waals surface area contributed by atoms with Crippen LogP contribution in [0.15, 0.2) is 36.4 Å². The molecule has 1 aliphatic heterocycles. The third-order valence-corrected chi connectivity index (χ3v) is 3.96. The topological polar surface area (TPSA) is 22.1 Å². The first kappa shape index (κ1) is 12.9. The van der Waals surface area contributed by atoms with E-state index >= 15 is 0 Å². The van der Waals surface area contributed by atoms with Gasteiger partial charge in [-0.25, -0.2) is 0 Å². The molecule has 100 valence electrons. The van der Waals surface area contributed by atoms with Crippen LogP contribution in [0.3, 0.4) is 0 Å². The third-order valence-electron chi connectivity index (χ3n) is 3.63. The van der Waals surface area contributed by atoms with Crippen molar-refractivity contribution < 1.29 is 4.74 Å². The monoisotopic (exact) mass is 275 g/mol. The number of rotatable bonds is 4. The van der Waals surface area contributed by atoms with Crippen molar-refractivity contribution in [2.24, 2.45) is 0 Å². The average Bonchev–Trinajstić information content (AvgIpc) is 2.91. The number of ether oxygens (including phenoxy) is 1. The summed E-state index contributed by atoms with van der Waals surface area (Å²) in [6.07, 6.45) is 4.40. The van der Waals surface area contributed by atoms with Crippen molar-refractivity contribution in [2.45, 2.75) is 37.2 Å². The lowest BCUT2D eigenvalue weighted by molar-refractivity contribution is 0.103. The minimum Gasteiger partial charge on any atom is -0.378 e. The first-order valence-corrected chi connectivity index (χ1v) is 7.35. The molecule has 2 heterocycles. The predicted octanol–water partition coefficient (Wildman–Crippen LogP) is 3.95. The molecule has 2 unspecified atom stereocenters. The number of pyridine rings is 1. The molecule has 0 N–H and O–H groups in total. The van der Waals surface area contributed by atoms with Crippen molar-refractivity contribution in [1.29, 1.82) is 0 Å². The molecule has 1 saturated heterocycles. The summed E-state index contributed by atoms with van der Waals surface area (Å²) in [4.78, 5) is 4.66. The van der Waals surface area contributed by atoms with Crippen LogP contribution in [0.2, 0.25) is 0 Å². The molecular weight excluding hydrogens is 258 g/mol. The van der Waals surface area contributed by atoms with E-state index in [9.17, 15) is 0 Å². The van der Waals surface area contributed by atoms with Crippen LogP contribution >= 0.6 is 11.6 Å². The fourth-order valence-corrected chi connectivity index (χ4v) is 3.00. The van der Waals surface area contributed by atoms with Crippen molar-refractivity contribution in [3.63, 3.8) is 0 Å². The maximum absolute atomic E-state index is 6.43. The van der Waals surface area contributed by atoms with E-state index in [4.69, 9.17) is 16.3 Å². The first-order chi connectivity index (χ1) is 9.31. The molecule has 19 heavy (non-hydrogen) atoms. The summed E-state index contributed by atoms with van der Waals surface area (Å²) >= 11 is 6.43. The van der Waals surface area contributed by atoms with Crippen LogP contribution in [0, 0.1) is 0 Å². The SMILES string of the molecule is ClC(Cc1ccc2ccccc2n1)CC1CCCO1. The van der Waals surface area contributed by atoms with E-state index in [1.54, 1.807) is 0 Å². The highest BCUT2D eigenvalue weighted by molar-refractivity contribution is 6.20. The van der Waals surface area contributed by atoms with Gasteiger partial charge in [-0.3, -0.25) is 4.98 Å². The molecule has 2 nitrogen and oxygen atoms in total. The van der Waals surface area contributed by atoms with Crippen molar-refractivity contribution in [2.75, 3.05) is 6.61 Å². The number of benzene rings is 1. The van der Waals surface area contributed by atoms with Crippen molar-refractivity contribution in [3.05, 3.63) is 42.1 Å². The Bertz CT molecular complexity index is 551. The average molecular weight is 276 g/mol. The first-order valence-electron chi connectivity index (χ1n) is 6.91. The van der Waals surface area contributed by atoms with Gasteiger partial charge < -0.3 is 4.74 Å². The smallest absolute Gasteiger partial charge is 0.0705 e. The van der Waals surface area contributed by atoms with Gasteiger partial charge in [-0.15, -0.1) is 11.6 Å². The molecule has 0 aliphatic carbocycles. The van der Waals surface area contributed by atoms with E-state index in [-0.39, 0.29) is 5.38 Å². The lowest BCUT2D eigenvalue weighted by Gasteiger charge is -2.14. The van der Waals surface area contributed by atoms with E-state index < -0.39 is 0 Å². The van der Waals surface area contributed by atoms with Crippen LogP contribution < -0.4 is 0 Å². The van der Waals surface area contributed by atoms with Crippen LogP contribution in [0.4, 0.5) is 0 Å². The highest BCUT2D eigenvalue weighted by Crippen LogP contribution is 2.22. The molecule has 0 bridgehead atoms. The van der Waals surface area contributed by atoms with Gasteiger partial charge >= 0.3 is 0 Å². The molecular formula is C16H18ClNO. The summed E-state index contributed by atoms with van der Waals surface area (Å²) in [7, 11) is 0. The van der Waals surface area contributed by atoms with Gasteiger partial charge in [-0.1, -0.05) is 24.3 Å². The molecule has 0 radical (unpaired) electrons. The number of halogens is 1. The van der Waals surface area contributed by atoms with Gasteiger partial charge in [0.05, 0.1) is 11.6 Å². The predicted molar refractivity (Wildman–Crippen MR) is 78.7 cm³/mol. The number of nitrogens with zero attached hydrogens (tertiary/aromatic N) is 1. The zero-order valence-electron chi connectivity index (χ0n) is 10.9. The number of para-hydroxylation sites is 1. The fourth-order valence-electron chi connectivity index (χ4n) is 2.65. The molecule has 0 amide bonds. The molecule has 0 saturated carbocycles. The summed E-state index contributed by atoms with van der Waals surface area (Å²) in [5.41, 5.74) is 2.11. The zero-order chi connectivity index (χ0) is 13.1. The highest BCUT2D eigenvalue weighted by atomic mass is 35.5. The minimum absolute atomic E-state index is 0.108. The summed E-state index contributed by atoms with van der Waals surface area (Å²) in [5, 5.41) is 1.29. The molecule has 2 aromatic rings. The number of hydrogen-bond donors (Lipinski definition) is 0. The maximum atomic E-state index is 6.43. The third kappa shape index (κ3) is 3.26. The van der Waals surface area contributed by atoms with Gasteiger partial charge in [0.15, 0.2) is 0 Å². The van der Waals surface area contributed by atoms with E-state index in [0.717, 1.165) is 37.1 Å². The van der Waals surface area contributed by atoms with Crippen molar-refractivity contribution in [1.82, 2.24) is 4.98 Å². The molecule has 2 atom stereocenters. The number of fused-ring (bicyclic) bond motifs is 1. The number of hydrogen-bond acceptors (Lipinski definition) is 2. The summed E-state index contributed by atoms with van der Waals surface area (Å²) in [5.74, 6) is 0. The Morgan fingerprint density at radius 2 is 2.16 bits per heavy atom. The lowest BCUT2D eigenvalue weighted by Crippen LogP contribution is -2.15. The minimum atomic E-state index is 0.108. The van der Waals surface area contributed by atoms with Gasteiger partial charge in [0.25, 0.3) is 0 Å². The van der Waals surface area contributed by atoms with E-state index in [1.165, 1.54) is 11.8 Å². The Kier molecular flexibility index (Phi) is 4.00. The Hall–Kier alpha value is -1.12. The van der Waals surface area contributed by atoms with Gasteiger partial charge in [0.1, 0.15) is 0 Å². The number of alkyl halides is 1. The van der Waals surface area contributed by atoms with Crippen LogP contribution in [0.5, 0.6) is 0 Å². The van der Waals surface area contributed by atoms with Crippen LogP contribution in [-0.4, -0.2) is 23.1 Å². The molecule has 1 aliphatic rings. The second-order valence-electron chi connectivity index (χ2n) is 5.17. The molecule has 1 aromatic heterocycles.